The van der Waals surface area contributed by atoms with Gasteiger partial charge in [0.15, 0.2) is 0 Å². The summed E-state index contributed by atoms with van der Waals surface area (Å²) in [5.74, 6) is 0.398. The number of aliphatic hydroxyl groups excluding tert-OH is 1. The van der Waals surface area contributed by atoms with Crippen LogP contribution in [0.4, 0.5) is 0 Å². The van der Waals surface area contributed by atoms with Crippen LogP contribution in [0.3, 0.4) is 0 Å². The van der Waals surface area contributed by atoms with Crippen LogP contribution in [0.1, 0.15) is 38.3 Å². The molecule has 1 N–H and O–H groups in total. The number of aliphatic hydroxyl groups is 1. The Labute approximate surface area is 149 Å². The van der Waals surface area contributed by atoms with Crippen molar-refractivity contribution in [2.75, 3.05) is 33.4 Å². The van der Waals surface area contributed by atoms with Crippen LogP contribution in [-0.2, 0) is 9.59 Å². The van der Waals surface area contributed by atoms with Crippen molar-refractivity contribution in [2.24, 2.45) is 5.92 Å². The van der Waals surface area contributed by atoms with E-state index in [1.54, 1.807) is 16.9 Å². The first-order chi connectivity index (χ1) is 12.1. The third kappa shape index (κ3) is 3.95. The van der Waals surface area contributed by atoms with Gasteiger partial charge in [-0.3, -0.25) is 9.59 Å². The highest BCUT2D eigenvalue weighted by Gasteiger charge is 2.42. The highest BCUT2D eigenvalue weighted by molar-refractivity contribution is 5.85. The van der Waals surface area contributed by atoms with Gasteiger partial charge < -0.3 is 19.6 Å². The number of para-hydroxylation sites is 1. The molecule has 1 aromatic carbocycles. The molecule has 0 bridgehead atoms. The number of likely N-dealkylation sites (N-methyl/N-ethyl adjacent to an activating group) is 1. The number of piperidine rings is 1. The fourth-order valence-corrected chi connectivity index (χ4v) is 3.66. The summed E-state index contributed by atoms with van der Waals surface area (Å²) >= 11 is 0. The van der Waals surface area contributed by atoms with Crippen LogP contribution < -0.4 is 4.74 Å². The van der Waals surface area contributed by atoms with Gasteiger partial charge in [0.2, 0.25) is 11.8 Å². The molecule has 25 heavy (non-hydrogen) atoms. The van der Waals surface area contributed by atoms with Gasteiger partial charge in [0, 0.05) is 31.6 Å². The van der Waals surface area contributed by atoms with Crippen LogP contribution in [0.25, 0.3) is 0 Å². The van der Waals surface area contributed by atoms with E-state index in [0.717, 1.165) is 5.56 Å². The number of likely N-dealkylation sites (tertiary alicyclic amines) is 1. The standard InChI is InChI=1S/C19H28N2O4/c1-4-20(12-13-22)19(24)15-10-11-17(23)21(5-2)18(15)14-8-6-7-9-16(14)25-3/h6-9,15,18,22H,4-5,10-13H2,1-3H3/t15-,18+/m1/s1. The van der Waals surface area contributed by atoms with Gasteiger partial charge in [-0.1, -0.05) is 18.2 Å². The Morgan fingerprint density at radius 2 is 2.08 bits per heavy atom. The van der Waals surface area contributed by atoms with E-state index in [4.69, 9.17) is 4.74 Å². The minimum atomic E-state index is -0.345. The second-order valence-electron chi connectivity index (χ2n) is 6.15. The maximum Gasteiger partial charge on any atom is 0.228 e. The van der Waals surface area contributed by atoms with Gasteiger partial charge in [-0.2, -0.15) is 0 Å². The fraction of sp³-hybridized carbons (Fsp3) is 0.579. The highest BCUT2D eigenvalue weighted by atomic mass is 16.5. The predicted octanol–water partition coefficient (Wildman–Crippen LogP) is 1.84. The molecule has 0 radical (unpaired) electrons. The van der Waals surface area contributed by atoms with Gasteiger partial charge in [0.05, 0.1) is 25.7 Å². The Bertz CT molecular complexity index is 605. The summed E-state index contributed by atoms with van der Waals surface area (Å²) in [7, 11) is 1.60. The van der Waals surface area contributed by atoms with Crippen molar-refractivity contribution in [2.45, 2.75) is 32.7 Å². The third-order valence-electron chi connectivity index (χ3n) is 4.89. The van der Waals surface area contributed by atoms with E-state index in [9.17, 15) is 14.7 Å². The third-order valence-corrected chi connectivity index (χ3v) is 4.89. The number of hydrogen-bond donors (Lipinski definition) is 1. The number of hydrogen-bond acceptors (Lipinski definition) is 4. The molecule has 0 aromatic heterocycles. The molecule has 0 spiro atoms. The van der Waals surface area contributed by atoms with Crippen molar-refractivity contribution in [1.82, 2.24) is 9.80 Å². The number of benzene rings is 1. The topological polar surface area (TPSA) is 70.1 Å². The molecule has 2 amide bonds. The molecule has 0 unspecified atom stereocenters. The quantitative estimate of drug-likeness (QED) is 0.816. The molecule has 6 nitrogen and oxygen atoms in total. The van der Waals surface area contributed by atoms with Gasteiger partial charge in [0.1, 0.15) is 5.75 Å². The number of ether oxygens (including phenoxy) is 1. The summed E-state index contributed by atoms with van der Waals surface area (Å²) in [4.78, 5) is 29.0. The molecule has 1 saturated heterocycles. The number of methoxy groups -OCH3 is 1. The van der Waals surface area contributed by atoms with Crippen molar-refractivity contribution in [3.05, 3.63) is 29.8 Å². The number of carbonyl (C=O) groups is 2. The van der Waals surface area contributed by atoms with E-state index < -0.39 is 0 Å². The zero-order valence-corrected chi connectivity index (χ0v) is 15.3. The van der Waals surface area contributed by atoms with Crippen LogP contribution in [0, 0.1) is 5.92 Å². The van der Waals surface area contributed by atoms with Crippen LogP contribution in [0.2, 0.25) is 0 Å². The summed E-state index contributed by atoms with van der Waals surface area (Å²) in [6.07, 6.45) is 0.880. The molecule has 0 aliphatic carbocycles. The molecule has 138 valence electrons. The summed E-state index contributed by atoms with van der Waals surface area (Å²) < 4.78 is 5.49. The molecule has 2 rings (SSSR count). The first-order valence-electron chi connectivity index (χ1n) is 8.90. The lowest BCUT2D eigenvalue weighted by Crippen LogP contribution is -2.49. The monoisotopic (exact) mass is 348 g/mol. The molecule has 6 heteroatoms. The largest absolute Gasteiger partial charge is 0.496 e. The summed E-state index contributed by atoms with van der Waals surface area (Å²) in [5.41, 5.74) is 0.860. The predicted molar refractivity (Wildman–Crippen MR) is 95.2 cm³/mol. The Morgan fingerprint density at radius 3 is 2.68 bits per heavy atom. The number of rotatable bonds is 7. The van der Waals surface area contributed by atoms with Crippen molar-refractivity contribution < 1.29 is 19.4 Å². The summed E-state index contributed by atoms with van der Waals surface area (Å²) in [6, 6.07) is 7.22. The molecule has 1 fully saturated rings. The lowest BCUT2D eigenvalue weighted by Gasteiger charge is -2.42. The van der Waals surface area contributed by atoms with Crippen LogP contribution in [0.15, 0.2) is 24.3 Å². The highest BCUT2D eigenvalue weighted by Crippen LogP contribution is 2.41. The first kappa shape index (κ1) is 19.2. The summed E-state index contributed by atoms with van der Waals surface area (Å²) in [5, 5.41) is 9.24. The number of amides is 2. The van der Waals surface area contributed by atoms with Crippen LogP contribution in [-0.4, -0.2) is 60.1 Å². The zero-order valence-electron chi connectivity index (χ0n) is 15.3. The van der Waals surface area contributed by atoms with E-state index in [2.05, 4.69) is 0 Å². The Hall–Kier alpha value is -2.08. The van der Waals surface area contributed by atoms with Crippen molar-refractivity contribution in [3.63, 3.8) is 0 Å². The van der Waals surface area contributed by atoms with Crippen molar-refractivity contribution in [1.29, 1.82) is 0 Å². The molecular weight excluding hydrogens is 320 g/mol. The SMILES string of the molecule is CCN(CCO)C(=O)[C@@H]1CCC(=O)N(CC)[C@H]1c1ccccc1OC. The van der Waals surface area contributed by atoms with E-state index in [1.165, 1.54) is 0 Å². The normalized spacial score (nSPS) is 20.5. The van der Waals surface area contributed by atoms with E-state index >= 15 is 0 Å². The maximum absolute atomic E-state index is 13.1. The van der Waals surface area contributed by atoms with Gasteiger partial charge in [-0.05, 0) is 26.3 Å². The Morgan fingerprint density at radius 1 is 1.36 bits per heavy atom. The maximum atomic E-state index is 13.1. The second kappa shape index (κ2) is 8.85. The minimum absolute atomic E-state index is 0.0154. The number of carbonyl (C=O) groups excluding carboxylic acids is 2. The number of nitrogens with zero attached hydrogens (tertiary/aromatic N) is 2. The molecule has 2 atom stereocenters. The molecule has 1 heterocycles. The van der Waals surface area contributed by atoms with Crippen molar-refractivity contribution >= 4 is 11.8 Å². The molecule has 1 aromatic rings. The second-order valence-corrected chi connectivity index (χ2v) is 6.15. The smallest absolute Gasteiger partial charge is 0.228 e. The minimum Gasteiger partial charge on any atom is -0.496 e. The van der Waals surface area contributed by atoms with E-state index in [1.807, 2.05) is 38.1 Å². The van der Waals surface area contributed by atoms with Crippen LogP contribution in [0.5, 0.6) is 5.75 Å². The first-order valence-corrected chi connectivity index (χ1v) is 8.90. The lowest BCUT2D eigenvalue weighted by atomic mass is 9.82. The molecule has 1 aliphatic rings. The van der Waals surface area contributed by atoms with Crippen LogP contribution >= 0.6 is 0 Å². The zero-order chi connectivity index (χ0) is 18.4. The average molecular weight is 348 g/mol. The fourth-order valence-electron chi connectivity index (χ4n) is 3.66. The average Bonchev–Trinajstić information content (AvgIpc) is 2.65. The summed E-state index contributed by atoms with van der Waals surface area (Å²) in [6.45, 7) is 5.15. The molecule has 0 saturated carbocycles. The Kier molecular flexibility index (Phi) is 6.82. The molecular formula is C19H28N2O4. The lowest BCUT2D eigenvalue weighted by molar-refractivity contribution is -0.148. The van der Waals surface area contributed by atoms with Gasteiger partial charge in [0.25, 0.3) is 0 Å². The van der Waals surface area contributed by atoms with Gasteiger partial charge in [-0.15, -0.1) is 0 Å². The Balaban J connectivity index is 2.45. The van der Waals surface area contributed by atoms with Crippen molar-refractivity contribution in [3.8, 4) is 5.75 Å². The molecule has 1 aliphatic heterocycles. The van der Waals surface area contributed by atoms with E-state index in [-0.39, 0.29) is 30.4 Å². The van der Waals surface area contributed by atoms with Gasteiger partial charge >= 0.3 is 0 Å². The van der Waals surface area contributed by atoms with E-state index in [0.29, 0.717) is 38.2 Å². The van der Waals surface area contributed by atoms with Gasteiger partial charge in [-0.25, -0.2) is 0 Å².